The van der Waals surface area contributed by atoms with E-state index in [0.717, 1.165) is 0 Å². The van der Waals surface area contributed by atoms with Crippen molar-refractivity contribution in [3.8, 4) is 0 Å². The Morgan fingerprint density at radius 2 is 1.86 bits per heavy atom. The highest BCUT2D eigenvalue weighted by atomic mass is 32.2. The number of aliphatic hydroxyl groups excluding tert-OH is 1. The van der Waals surface area contributed by atoms with E-state index in [1.165, 1.54) is 31.2 Å². The Kier molecular flexibility index (Phi) is 5.85. The molecule has 1 rings (SSSR count). The number of benzene rings is 1. The molecule has 4 N–H and O–H groups in total. The molecule has 1 aromatic carbocycles. The third-order valence-electron chi connectivity index (χ3n) is 2.73. The SMILES string of the molecule is CCNS(=O)(=O)c1ccc(C(=O)NCC(C)(O)CO)cc1. The maximum atomic E-state index is 11.8. The zero-order chi connectivity index (χ0) is 16.1. The molecular formula is C13H20N2O5S. The van der Waals surface area contributed by atoms with Crippen LogP contribution < -0.4 is 10.0 Å². The second-order valence-corrected chi connectivity index (χ2v) is 6.63. The number of hydrogen-bond acceptors (Lipinski definition) is 5. The molecule has 118 valence electrons. The number of carbonyl (C=O) groups excluding carboxylic acids is 1. The van der Waals surface area contributed by atoms with Crippen molar-refractivity contribution < 1.29 is 23.4 Å². The molecule has 1 unspecified atom stereocenters. The van der Waals surface area contributed by atoms with Crippen LogP contribution in [-0.4, -0.2) is 49.8 Å². The molecule has 0 bridgehead atoms. The summed E-state index contributed by atoms with van der Waals surface area (Å²) in [6, 6.07) is 5.43. The predicted octanol–water partition coefficient (Wildman–Crippen LogP) is -0.542. The first-order valence-electron chi connectivity index (χ1n) is 6.43. The van der Waals surface area contributed by atoms with Crippen LogP contribution >= 0.6 is 0 Å². The van der Waals surface area contributed by atoms with Crippen LogP contribution in [0, 0.1) is 0 Å². The maximum Gasteiger partial charge on any atom is 0.251 e. The Morgan fingerprint density at radius 1 is 1.29 bits per heavy atom. The maximum absolute atomic E-state index is 11.8. The summed E-state index contributed by atoms with van der Waals surface area (Å²) in [5.74, 6) is -0.462. The standard InChI is InChI=1S/C13H20N2O5S/c1-3-15-21(19,20)11-6-4-10(5-7-11)12(17)14-8-13(2,18)9-16/h4-7,15-16,18H,3,8-9H2,1-2H3,(H,14,17). The molecule has 0 fully saturated rings. The minimum Gasteiger partial charge on any atom is -0.393 e. The zero-order valence-corrected chi connectivity index (χ0v) is 12.8. The van der Waals surface area contributed by atoms with Crippen molar-refractivity contribution in [2.24, 2.45) is 0 Å². The summed E-state index contributed by atoms with van der Waals surface area (Å²) in [5.41, 5.74) is -1.14. The van der Waals surface area contributed by atoms with Crippen LogP contribution in [0.25, 0.3) is 0 Å². The van der Waals surface area contributed by atoms with Crippen LogP contribution in [0.15, 0.2) is 29.2 Å². The summed E-state index contributed by atoms with van der Waals surface area (Å²) in [5, 5.41) is 20.9. The molecule has 1 aromatic rings. The van der Waals surface area contributed by atoms with Crippen LogP contribution in [-0.2, 0) is 10.0 Å². The van der Waals surface area contributed by atoms with Crippen molar-refractivity contribution in [2.45, 2.75) is 24.3 Å². The van der Waals surface area contributed by atoms with Gasteiger partial charge in [0.05, 0.1) is 11.5 Å². The Morgan fingerprint density at radius 3 is 2.33 bits per heavy atom. The van der Waals surface area contributed by atoms with E-state index in [1.807, 2.05) is 0 Å². The molecule has 1 amide bonds. The molecule has 0 aliphatic rings. The molecule has 0 radical (unpaired) electrons. The first-order chi connectivity index (χ1) is 9.72. The van der Waals surface area contributed by atoms with Crippen LogP contribution in [0.2, 0.25) is 0 Å². The fourth-order valence-electron chi connectivity index (χ4n) is 1.49. The van der Waals surface area contributed by atoms with Gasteiger partial charge in [0.1, 0.15) is 5.60 Å². The Balaban J connectivity index is 2.77. The van der Waals surface area contributed by atoms with Gasteiger partial charge in [0.25, 0.3) is 5.91 Å². The van der Waals surface area contributed by atoms with Crippen LogP contribution in [0.5, 0.6) is 0 Å². The monoisotopic (exact) mass is 316 g/mol. The van der Waals surface area contributed by atoms with Crippen LogP contribution in [0.1, 0.15) is 24.2 Å². The number of rotatable bonds is 7. The Labute approximate surface area is 124 Å². The zero-order valence-electron chi connectivity index (χ0n) is 12.0. The van der Waals surface area contributed by atoms with Crippen molar-refractivity contribution >= 4 is 15.9 Å². The lowest BCUT2D eigenvalue weighted by Crippen LogP contribution is -2.43. The van der Waals surface area contributed by atoms with E-state index in [-0.39, 0.29) is 23.5 Å². The lowest BCUT2D eigenvalue weighted by molar-refractivity contribution is 0.00320. The van der Waals surface area contributed by atoms with Gasteiger partial charge in [-0.3, -0.25) is 4.79 Å². The average Bonchev–Trinajstić information content (AvgIpc) is 2.45. The number of carbonyl (C=O) groups is 1. The Hall–Kier alpha value is -1.48. The van der Waals surface area contributed by atoms with E-state index in [1.54, 1.807) is 6.92 Å². The van der Waals surface area contributed by atoms with E-state index in [9.17, 15) is 18.3 Å². The van der Waals surface area contributed by atoms with Crippen LogP contribution in [0.3, 0.4) is 0 Å². The minimum atomic E-state index is -3.55. The third-order valence-corrected chi connectivity index (χ3v) is 4.29. The Bertz CT molecular complexity index is 581. The summed E-state index contributed by atoms with van der Waals surface area (Å²) in [7, 11) is -3.55. The molecule has 0 spiro atoms. The molecular weight excluding hydrogens is 296 g/mol. The van der Waals surface area contributed by atoms with E-state index in [4.69, 9.17) is 5.11 Å². The van der Waals surface area contributed by atoms with Crippen molar-refractivity contribution in [3.63, 3.8) is 0 Å². The summed E-state index contributed by atoms with van der Waals surface area (Å²) < 4.78 is 25.8. The highest BCUT2D eigenvalue weighted by Gasteiger charge is 2.20. The third kappa shape index (κ3) is 5.09. The van der Waals surface area contributed by atoms with Gasteiger partial charge >= 0.3 is 0 Å². The fourth-order valence-corrected chi connectivity index (χ4v) is 2.53. The lowest BCUT2D eigenvalue weighted by atomic mass is 10.1. The summed E-state index contributed by atoms with van der Waals surface area (Å²) in [6.45, 7) is 2.75. The van der Waals surface area contributed by atoms with Crippen LogP contribution in [0.4, 0.5) is 0 Å². The van der Waals surface area contributed by atoms with Gasteiger partial charge in [-0.25, -0.2) is 13.1 Å². The van der Waals surface area contributed by atoms with Gasteiger partial charge in [0.2, 0.25) is 10.0 Å². The second kappa shape index (κ2) is 6.99. The number of amides is 1. The first-order valence-corrected chi connectivity index (χ1v) is 7.91. The predicted molar refractivity (Wildman–Crippen MR) is 77.3 cm³/mol. The second-order valence-electron chi connectivity index (χ2n) is 4.86. The number of nitrogens with one attached hydrogen (secondary N) is 2. The summed E-state index contributed by atoms with van der Waals surface area (Å²) >= 11 is 0. The normalized spacial score (nSPS) is 14.5. The first kappa shape index (κ1) is 17.6. The largest absolute Gasteiger partial charge is 0.393 e. The summed E-state index contributed by atoms with van der Waals surface area (Å²) in [4.78, 5) is 11.9. The average molecular weight is 316 g/mol. The molecule has 0 saturated carbocycles. The molecule has 0 saturated heterocycles. The molecule has 7 nitrogen and oxygen atoms in total. The molecule has 0 heterocycles. The smallest absolute Gasteiger partial charge is 0.251 e. The number of aliphatic hydroxyl groups is 2. The van der Waals surface area contributed by atoms with E-state index < -0.39 is 28.1 Å². The van der Waals surface area contributed by atoms with Crippen molar-refractivity contribution in [1.29, 1.82) is 0 Å². The van der Waals surface area contributed by atoms with Gasteiger partial charge in [-0.15, -0.1) is 0 Å². The van der Waals surface area contributed by atoms with E-state index in [2.05, 4.69) is 10.0 Å². The van der Waals surface area contributed by atoms with E-state index >= 15 is 0 Å². The molecule has 0 aliphatic carbocycles. The fraction of sp³-hybridized carbons (Fsp3) is 0.462. The van der Waals surface area contributed by atoms with Gasteiger partial charge < -0.3 is 15.5 Å². The minimum absolute atomic E-state index is 0.0725. The van der Waals surface area contributed by atoms with Crippen molar-refractivity contribution in [2.75, 3.05) is 19.7 Å². The molecule has 21 heavy (non-hydrogen) atoms. The van der Waals surface area contributed by atoms with Crippen molar-refractivity contribution in [1.82, 2.24) is 10.0 Å². The molecule has 0 aromatic heterocycles. The van der Waals surface area contributed by atoms with Gasteiger partial charge in [0, 0.05) is 18.7 Å². The molecule has 1 atom stereocenters. The van der Waals surface area contributed by atoms with Gasteiger partial charge in [-0.05, 0) is 31.2 Å². The summed E-state index contributed by atoms with van der Waals surface area (Å²) in [6.07, 6.45) is 0. The highest BCUT2D eigenvalue weighted by Crippen LogP contribution is 2.10. The quantitative estimate of drug-likeness (QED) is 0.539. The highest BCUT2D eigenvalue weighted by molar-refractivity contribution is 7.89. The number of hydrogen-bond donors (Lipinski definition) is 4. The topological polar surface area (TPSA) is 116 Å². The molecule has 8 heteroatoms. The lowest BCUT2D eigenvalue weighted by Gasteiger charge is -2.20. The van der Waals surface area contributed by atoms with Crippen molar-refractivity contribution in [3.05, 3.63) is 29.8 Å². The number of sulfonamides is 1. The van der Waals surface area contributed by atoms with Gasteiger partial charge in [-0.2, -0.15) is 0 Å². The van der Waals surface area contributed by atoms with E-state index in [0.29, 0.717) is 0 Å². The molecule has 0 aliphatic heterocycles. The van der Waals surface area contributed by atoms with Gasteiger partial charge in [0.15, 0.2) is 0 Å². The van der Waals surface area contributed by atoms with Gasteiger partial charge in [-0.1, -0.05) is 6.92 Å².